The molecule has 1 saturated heterocycles. The summed E-state index contributed by atoms with van der Waals surface area (Å²) >= 11 is 0. The second kappa shape index (κ2) is 6.80. The lowest BCUT2D eigenvalue weighted by Gasteiger charge is -2.33. The topological polar surface area (TPSA) is 61.8 Å². The predicted octanol–water partition coefficient (Wildman–Crippen LogP) is 4.98. The molecule has 0 aliphatic carbocycles. The van der Waals surface area contributed by atoms with E-state index in [1.54, 1.807) is 0 Å². The van der Waals surface area contributed by atoms with E-state index in [1.807, 2.05) is 20.8 Å². The van der Waals surface area contributed by atoms with Crippen LogP contribution in [0.2, 0.25) is 0 Å². The highest BCUT2D eigenvalue weighted by Crippen LogP contribution is 2.79. The van der Waals surface area contributed by atoms with Gasteiger partial charge in [-0.25, -0.2) is 4.31 Å². The van der Waals surface area contributed by atoms with Gasteiger partial charge in [0.05, 0.1) is 12.3 Å². The molecule has 5 nitrogen and oxygen atoms in total. The molecule has 2 unspecified atom stereocenters. The monoisotopic (exact) mass is 302 g/mol. The fourth-order valence-corrected chi connectivity index (χ4v) is 9.81. The maximum Gasteiger partial charge on any atom is 0.342 e. The zero-order valence-electron chi connectivity index (χ0n) is 10.6. The molecule has 1 heterocycles. The molecule has 1 aliphatic heterocycles. The second-order valence-corrected chi connectivity index (χ2v) is 10.4. The van der Waals surface area contributed by atoms with Crippen LogP contribution in [0.4, 0.5) is 0 Å². The highest BCUT2D eigenvalue weighted by molar-refractivity contribution is 7.78. The summed E-state index contributed by atoms with van der Waals surface area (Å²) in [5.41, 5.74) is 0. The highest BCUT2D eigenvalue weighted by atomic mass is 31.3. The van der Waals surface area contributed by atoms with Crippen LogP contribution in [-0.2, 0) is 22.1 Å². The van der Waals surface area contributed by atoms with Crippen LogP contribution in [0.3, 0.4) is 0 Å². The van der Waals surface area contributed by atoms with Crippen LogP contribution in [0.15, 0.2) is 0 Å². The molecule has 0 saturated carbocycles. The first-order valence-electron chi connectivity index (χ1n) is 6.03. The van der Waals surface area contributed by atoms with Crippen molar-refractivity contribution < 1.29 is 22.1 Å². The van der Waals surface area contributed by atoms with Gasteiger partial charge in [-0.3, -0.25) is 17.8 Å². The molecule has 1 fully saturated rings. The van der Waals surface area contributed by atoms with Gasteiger partial charge in [-0.1, -0.05) is 20.8 Å². The Labute approximate surface area is 105 Å². The molecule has 2 atom stereocenters. The first-order chi connectivity index (χ1) is 7.97. The lowest BCUT2D eigenvalue weighted by molar-refractivity contribution is 0.308. The molecule has 0 radical (unpaired) electrons. The molecule has 1 rings (SSSR count). The summed E-state index contributed by atoms with van der Waals surface area (Å²) in [6.45, 7) is 5.78. The Morgan fingerprint density at radius 1 is 0.882 bits per heavy atom. The third-order valence-corrected chi connectivity index (χ3v) is 10.3. The second-order valence-electron chi connectivity index (χ2n) is 3.97. The van der Waals surface area contributed by atoms with Gasteiger partial charge in [0.1, 0.15) is 0 Å². The van der Waals surface area contributed by atoms with E-state index < -0.39 is 23.6 Å². The molecule has 0 amide bonds. The molecular weight excluding hydrogens is 281 g/mol. The van der Waals surface area contributed by atoms with Crippen LogP contribution in [-0.4, -0.2) is 18.5 Å². The van der Waals surface area contributed by atoms with E-state index in [-0.39, 0.29) is 0 Å². The van der Waals surface area contributed by atoms with E-state index in [1.165, 1.54) is 0 Å². The minimum Gasteiger partial charge on any atom is -0.259 e. The summed E-state index contributed by atoms with van der Waals surface area (Å²) in [6.07, 6.45) is 3.49. The van der Waals surface area contributed by atoms with Gasteiger partial charge in [-0.2, -0.15) is 0 Å². The van der Waals surface area contributed by atoms with Crippen molar-refractivity contribution in [3.8, 4) is 0 Å². The van der Waals surface area contributed by atoms with Gasteiger partial charge in [0.25, 0.3) is 0 Å². The fourth-order valence-electron chi connectivity index (χ4n) is 1.49. The van der Waals surface area contributed by atoms with Crippen LogP contribution in [0, 0.1) is 0 Å². The molecule has 0 spiro atoms. The van der Waals surface area contributed by atoms with Gasteiger partial charge in [0, 0.05) is 6.16 Å². The Morgan fingerprint density at radius 3 is 1.71 bits per heavy atom. The molecule has 0 N–H and O–H groups in total. The van der Waals surface area contributed by atoms with Gasteiger partial charge >= 0.3 is 15.2 Å². The maximum atomic E-state index is 12.3. The van der Waals surface area contributed by atoms with Crippen molar-refractivity contribution >= 4 is 23.6 Å². The van der Waals surface area contributed by atoms with Crippen LogP contribution in [0.1, 0.15) is 40.0 Å². The SMILES string of the molecule is CCCP1OP(=O)(CCC)OP(=O)(CCC)O1. The van der Waals surface area contributed by atoms with Crippen LogP contribution >= 0.6 is 23.6 Å². The highest BCUT2D eigenvalue weighted by Gasteiger charge is 2.45. The van der Waals surface area contributed by atoms with Crippen LogP contribution in [0.5, 0.6) is 0 Å². The van der Waals surface area contributed by atoms with Gasteiger partial charge < -0.3 is 0 Å². The van der Waals surface area contributed by atoms with Crippen molar-refractivity contribution in [2.45, 2.75) is 40.0 Å². The predicted molar refractivity (Wildman–Crippen MR) is 70.9 cm³/mol. The zero-order chi connectivity index (χ0) is 12.9. The van der Waals surface area contributed by atoms with E-state index in [9.17, 15) is 9.13 Å². The Balaban J connectivity index is 2.83. The summed E-state index contributed by atoms with van der Waals surface area (Å²) in [4.78, 5) is 0. The van der Waals surface area contributed by atoms with Gasteiger partial charge in [0.15, 0.2) is 8.38 Å². The van der Waals surface area contributed by atoms with Crippen molar-refractivity contribution in [2.24, 2.45) is 0 Å². The van der Waals surface area contributed by atoms with Crippen molar-refractivity contribution in [3.63, 3.8) is 0 Å². The average Bonchev–Trinajstić information content (AvgIpc) is 2.15. The number of hydrogen-bond acceptors (Lipinski definition) is 5. The van der Waals surface area contributed by atoms with Crippen molar-refractivity contribution in [1.29, 1.82) is 0 Å². The molecule has 0 bridgehead atoms. The maximum absolute atomic E-state index is 12.3. The van der Waals surface area contributed by atoms with Crippen LogP contribution in [0.25, 0.3) is 0 Å². The van der Waals surface area contributed by atoms with Gasteiger partial charge in [0.2, 0.25) is 0 Å². The third-order valence-electron chi connectivity index (χ3n) is 2.08. The molecule has 17 heavy (non-hydrogen) atoms. The zero-order valence-corrected chi connectivity index (χ0v) is 13.3. The van der Waals surface area contributed by atoms with E-state index in [2.05, 4.69) is 0 Å². The van der Waals surface area contributed by atoms with Crippen molar-refractivity contribution in [1.82, 2.24) is 0 Å². The minimum atomic E-state index is -3.21. The summed E-state index contributed by atoms with van der Waals surface area (Å²) in [7, 11) is -7.74. The summed E-state index contributed by atoms with van der Waals surface area (Å²) in [6, 6.07) is 0. The Morgan fingerprint density at radius 2 is 1.35 bits per heavy atom. The largest absolute Gasteiger partial charge is 0.342 e. The molecule has 0 aromatic rings. The molecule has 8 heteroatoms. The van der Waals surface area contributed by atoms with E-state index in [4.69, 9.17) is 12.9 Å². The molecule has 1 aliphatic rings. The lowest BCUT2D eigenvalue weighted by atomic mass is 10.6. The Bertz CT molecular complexity index is 305. The summed E-state index contributed by atoms with van der Waals surface area (Å²) < 4.78 is 40.7. The molecule has 102 valence electrons. The van der Waals surface area contributed by atoms with E-state index in [0.717, 1.165) is 6.42 Å². The normalized spacial score (nSPS) is 38.2. The van der Waals surface area contributed by atoms with Crippen LogP contribution < -0.4 is 0 Å². The molecule has 0 aromatic carbocycles. The van der Waals surface area contributed by atoms with Gasteiger partial charge in [-0.05, 0) is 19.3 Å². The minimum absolute atomic E-state index is 0.312. The van der Waals surface area contributed by atoms with Crippen molar-refractivity contribution in [3.05, 3.63) is 0 Å². The van der Waals surface area contributed by atoms with E-state index in [0.29, 0.717) is 31.3 Å². The van der Waals surface area contributed by atoms with Crippen molar-refractivity contribution in [2.75, 3.05) is 18.5 Å². The standard InChI is InChI=1S/C9H21O5P3/c1-4-7-15-12-16(10,8-5-2)14-17(11,13-15)9-6-3/h4-9H2,1-3H3. The Hall–Kier alpha value is 0.770. The summed E-state index contributed by atoms with van der Waals surface area (Å²) in [5.74, 6) is 0. The average molecular weight is 302 g/mol. The molecular formula is C9H21O5P3. The summed E-state index contributed by atoms with van der Waals surface area (Å²) in [5, 5.41) is 0. The lowest BCUT2D eigenvalue weighted by Crippen LogP contribution is -2.07. The van der Waals surface area contributed by atoms with Gasteiger partial charge in [-0.15, -0.1) is 0 Å². The number of hydrogen-bond donors (Lipinski definition) is 0. The first-order valence-corrected chi connectivity index (χ1v) is 10.8. The molecule has 0 aromatic heterocycles. The van der Waals surface area contributed by atoms with E-state index >= 15 is 0 Å². The third kappa shape index (κ3) is 4.74. The first kappa shape index (κ1) is 15.8. The smallest absolute Gasteiger partial charge is 0.259 e. The fraction of sp³-hybridized carbons (Fsp3) is 1.00. The number of rotatable bonds is 6. The Kier molecular flexibility index (Phi) is 6.33. The quantitative estimate of drug-likeness (QED) is 0.648.